The molecule has 1 aromatic heterocycles. The molecule has 1 saturated carbocycles. The van der Waals surface area contributed by atoms with Gasteiger partial charge in [0.2, 0.25) is 0 Å². The molecule has 0 aromatic carbocycles. The molecule has 22 heavy (non-hydrogen) atoms. The molecule has 0 saturated heterocycles. The first-order valence-electron chi connectivity index (χ1n) is 8.27. The normalized spacial score (nSPS) is 21.0. The lowest BCUT2D eigenvalue weighted by Gasteiger charge is -2.24. The predicted octanol–water partition coefficient (Wildman–Crippen LogP) is 5.28. The zero-order valence-corrected chi connectivity index (χ0v) is 15.4. The van der Waals surface area contributed by atoms with Crippen molar-refractivity contribution < 1.29 is 9.59 Å². The number of carbonyl (C=O) groups is 2. The van der Waals surface area contributed by atoms with E-state index in [1.165, 1.54) is 0 Å². The van der Waals surface area contributed by atoms with Crippen molar-refractivity contribution in [1.82, 2.24) is 0 Å². The van der Waals surface area contributed by atoms with E-state index in [4.69, 9.17) is 0 Å². The molecule has 0 radical (unpaired) electrons. The summed E-state index contributed by atoms with van der Waals surface area (Å²) >= 11 is 1.68. The van der Waals surface area contributed by atoms with Crippen LogP contribution in [-0.4, -0.2) is 11.6 Å². The number of thiophene rings is 1. The van der Waals surface area contributed by atoms with Gasteiger partial charge in [0, 0.05) is 20.9 Å². The first-order chi connectivity index (χ1) is 10.00. The molecule has 0 amide bonds. The average molecular weight is 318 g/mol. The third-order valence-electron chi connectivity index (χ3n) is 5.05. The van der Waals surface area contributed by atoms with Crippen molar-refractivity contribution in [3.05, 3.63) is 20.9 Å². The molecule has 1 heterocycles. The molecule has 1 aromatic rings. The Labute approximate surface area is 137 Å². The standard InChI is InChI=1S/C19H26O2S/c1-17(2,3)15-11-12(16(22-15)18(4,5)6)14(21)19(13(11)20)9-7-8-10-19/h7-10H2,1-6H3. The lowest BCUT2D eigenvalue weighted by atomic mass is 9.80. The third kappa shape index (κ3) is 1.97. The van der Waals surface area contributed by atoms with E-state index in [9.17, 15) is 9.59 Å². The molecule has 1 fully saturated rings. The van der Waals surface area contributed by atoms with Crippen molar-refractivity contribution in [2.24, 2.45) is 5.41 Å². The second-order valence-corrected chi connectivity index (χ2v) is 9.98. The Hall–Kier alpha value is -0.960. The van der Waals surface area contributed by atoms with Gasteiger partial charge in [-0.2, -0.15) is 0 Å². The molecular weight excluding hydrogens is 292 g/mol. The van der Waals surface area contributed by atoms with Crippen molar-refractivity contribution in [2.75, 3.05) is 0 Å². The van der Waals surface area contributed by atoms with Crippen LogP contribution >= 0.6 is 11.3 Å². The van der Waals surface area contributed by atoms with Crippen molar-refractivity contribution in [1.29, 1.82) is 0 Å². The maximum Gasteiger partial charge on any atom is 0.178 e. The van der Waals surface area contributed by atoms with Crippen molar-refractivity contribution in [2.45, 2.75) is 78.1 Å². The van der Waals surface area contributed by atoms with Crippen LogP contribution in [0.25, 0.3) is 0 Å². The van der Waals surface area contributed by atoms with Gasteiger partial charge in [0.15, 0.2) is 11.6 Å². The summed E-state index contributed by atoms with van der Waals surface area (Å²) in [4.78, 5) is 28.7. The minimum absolute atomic E-state index is 0.0989. The van der Waals surface area contributed by atoms with Crippen molar-refractivity contribution in [3.8, 4) is 0 Å². The van der Waals surface area contributed by atoms with Gasteiger partial charge >= 0.3 is 0 Å². The summed E-state index contributed by atoms with van der Waals surface area (Å²) in [5.41, 5.74) is 0.638. The average Bonchev–Trinajstić information content (AvgIpc) is 3.04. The smallest absolute Gasteiger partial charge is 0.178 e. The zero-order chi connectivity index (χ0) is 16.5. The van der Waals surface area contributed by atoms with Gasteiger partial charge in [-0.25, -0.2) is 0 Å². The van der Waals surface area contributed by atoms with E-state index >= 15 is 0 Å². The number of rotatable bonds is 0. The highest BCUT2D eigenvalue weighted by Crippen LogP contribution is 2.55. The van der Waals surface area contributed by atoms with E-state index in [2.05, 4.69) is 41.5 Å². The Kier molecular flexibility index (Phi) is 3.28. The predicted molar refractivity (Wildman–Crippen MR) is 91.3 cm³/mol. The zero-order valence-electron chi connectivity index (χ0n) is 14.6. The molecule has 2 aliphatic carbocycles. The van der Waals surface area contributed by atoms with Crippen LogP contribution in [0.15, 0.2) is 0 Å². The number of carbonyl (C=O) groups excluding carboxylic acids is 2. The third-order valence-corrected chi connectivity index (χ3v) is 7.09. The van der Waals surface area contributed by atoms with Gasteiger partial charge in [-0.05, 0) is 23.7 Å². The first-order valence-corrected chi connectivity index (χ1v) is 9.09. The van der Waals surface area contributed by atoms with Crippen molar-refractivity contribution >= 4 is 22.9 Å². The topological polar surface area (TPSA) is 34.1 Å². The SMILES string of the molecule is CC(C)(C)c1sc(C(C)(C)C)c2c1C(=O)C1(CCCC1)C2=O. The summed E-state index contributed by atoms with van der Waals surface area (Å²) in [7, 11) is 0. The van der Waals surface area contributed by atoms with E-state index in [0.717, 1.165) is 46.6 Å². The lowest BCUT2D eigenvalue weighted by molar-refractivity contribution is 0.0704. The molecule has 1 spiro atoms. The molecular formula is C19H26O2S. The van der Waals surface area contributed by atoms with Gasteiger partial charge in [0.05, 0.1) is 5.41 Å². The van der Waals surface area contributed by atoms with Crippen LogP contribution in [0.1, 0.15) is 97.7 Å². The Morgan fingerprint density at radius 3 is 1.45 bits per heavy atom. The maximum atomic E-state index is 13.2. The fourth-order valence-corrected chi connectivity index (χ4v) is 5.35. The lowest BCUT2D eigenvalue weighted by Crippen LogP contribution is -2.31. The molecule has 0 N–H and O–H groups in total. The van der Waals surface area contributed by atoms with E-state index in [1.54, 1.807) is 11.3 Å². The summed E-state index contributed by atoms with van der Waals surface area (Å²) in [6.07, 6.45) is 3.50. The van der Waals surface area contributed by atoms with E-state index in [-0.39, 0.29) is 22.4 Å². The van der Waals surface area contributed by atoms with Gasteiger partial charge in [-0.1, -0.05) is 54.4 Å². The van der Waals surface area contributed by atoms with E-state index < -0.39 is 5.41 Å². The largest absolute Gasteiger partial charge is 0.293 e. The molecule has 0 bridgehead atoms. The first kappa shape index (κ1) is 15.9. The molecule has 3 rings (SSSR count). The highest BCUT2D eigenvalue weighted by Gasteiger charge is 2.57. The number of fused-ring (bicyclic) bond motifs is 1. The van der Waals surface area contributed by atoms with E-state index in [0.29, 0.717) is 0 Å². The Balaban J connectivity index is 2.30. The summed E-state index contributed by atoms with van der Waals surface area (Å²) < 4.78 is 0. The van der Waals surface area contributed by atoms with Crippen LogP contribution < -0.4 is 0 Å². The fourth-order valence-electron chi connectivity index (χ4n) is 3.94. The van der Waals surface area contributed by atoms with Gasteiger partial charge in [0.25, 0.3) is 0 Å². The Morgan fingerprint density at radius 1 is 0.773 bits per heavy atom. The fraction of sp³-hybridized carbons (Fsp3) is 0.684. The number of hydrogen-bond donors (Lipinski definition) is 0. The minimum atomic E-state index is -0.710. The van der Waals surface area contributed by atoms with Gasteiger partial charge in [-0.15, -0.1) is 11.3 Å². The molecule has 2 aliphatic rings. The summed E-state index contributed by atoms with van der Waals surface area (Å²) in [6, 6.07) is 0. The van der Waals surface area contributed by atoms with E-state index in [1.807, 2.05) is 0 Å². The van der Waals surface area contributed by atoms with Gasteiger partial charge in [0.1, 0.15) is 0 Å². The molecule has 2 nitrogen and oxygen atoms in total. The van der Waals surface area contributed by atoms with Crippen LogP contribution in [0.4, 0.5) is 0 Å². The number of ketones is 2. The highest BCUT2D eigenvalue weighted by molar-refractivity contribution is 7.13. The monoisotopic (exact) mass is 318 g/mol. The van der Waals surface area contributed by atoms with Gasteiger partial charge in [-0.3, -0.25) is 9.59 Å². The minimum Gasteiger partial charge on any atom is -0.293 e. The second kappa shape index (κ2) is 4.53. The molecule has 0 aliphatic heterocycles. The summed E-state index contributed by atoms with van der Waals surface area (Å²) in [5, 5.41) is 0. The van der Waals surface area contributed by atoms with Crippen LogP contribution in [0.3, 0.4) is 0 Å². The molecule has 0 atom stereocenters. The van der Waals surface area contributed by atoms with Crippen LogP contribution in [0.2, 0.25) is 0 Å². The van der Waals surface area contributed by atoms with Crippen LogP contribution in [0.5, 0.6) is 0 Å². The molecule has 0 unspecified atom stereocenters. The van der Waals surface area contributed by atoms with Crippen LogP contribution in [-0.2, 0) is 10.8 Å². The molecule has 120 valence electrons. The second-order valence-electron chi connectivity index (χ2n) is 8.96. The number of Topliss-reactive ketones (excluding diaryl/α,β-unsaturated/α-hetero) is 2. The summed E-state index contributed by atoms with van der Waals surface area (Å²) in [5.74, 6) is 0.253. The van der Waals surface area contributed by atoms with Crippen molar-refractivity contribution in [3.63, 3.8) is 0 Å². The van der Waals surface area contributed by atoms with Crippen LogP contribution in [0, 0.1) is 5.41 Å². The maximum absolute atomic E-state index is 13.2. The summed E-state index contributed by atoms with van der Waals surface area (Å²) in [6.45, 7) is 12.9. The number of hydrogen-bond acceptors (Lipinski definition) is 3. The quantitative estimate of drug-likeness (QED) is 0.610. The van der Waals surface area contributed by atoms with Gasteiger partial charge < -0.3 is 0 Å². The Morgan fingerprint density at radius 2 is 1.14 bits per heavy atom. The Bertz CT molecular complexity index is 608. The molecule has 3 heteroatoms. The highest BCUT2D eigenvalue weighted by atomic mass is 32.1.